The first-order chi connectivity index (χ1) is 9.12. The van der Waals surface area contributed by atoms with Crippen LogP contribution in [0.5, 0.6) is 0 Å². The van der Waals surface area contributed by atoms with Crippen molar-refractivity contribution in [2.75, 3.05) is 20.3 Å². The molecule has 1 fully saturated rings. The van der Waals surface area contributed by atoms with Gasteiger partial charge in [-0.2, -0.15) is 0 Å². The van der Waals surface area contributed by atoms with Crippen LogP contribution in [0.1, 0.15) is 24.1 Å². The van der Waals surface area contributed by atoms with Gasteiger partial charge in [0.2, 0.25) is 10.0 Å². The molecule has 2 rings (SSSR count). The molecule has 1 aliphatic rings. The Kier molecular flexibility index (Phi) is 5.35. The first-order valence-corrected chi connectivity index (χ1v) is 8.72. The molecule has 7 heteroatoms. The molecule has 0 atom stereocenters. The van der Waals surface area contributed by atoms with Gasteiger partial charge in [-0.3, -0.25) is 0 Å². The van der Waals surface area contributed by atoms with E-state index in [9.17, 15) is 8.42 Å². The molecule has 5 nitrogen and oxygen atoms in total. The highest BCUT2D eigenvalue weighted by molar-refractivity contribution is 7.91. The lowest BCUT2D eigenvalue weighted by Crippen LogP contribution is -2.24. The average molecular weight is 304 g/mol. The first-order valence-electron chi connectivity index (χ1n) is 6.42. The van der Waals surface area contributed by atoms with E-state index in [0.29, 0.717) is 29.8 Å². The van der Waals surface area contributed by atoms with E-state index in [1.807, 2.05) is 6.07 Å². The number of rotatable bonds is 9. The lowest BCUT2D eigenvalue weighted by atomic mass is 10.4. The van der Waals surface area contributed by atoms with E-state index in [-0.39, 0.29) is 0 Å². The van der Waals surface area contributed by atoms with Gasteiger partial charge in [0.15, 0.2) is 0 Å². The molecule has 1 heterocycles. The summed E-state index contributed by atoms with van der Waals surface area (Å²) < 4.78 is 31.9. The molecule has 1 saturated carbocycles. The zero-order valence-electron chi connectivity index (χ0n) is 11.0. The number of ether oxygens (including phenoxy) is 1. The first kappa shape index (κ1) is 14.9. The van der Waals surface area contributed by atoms with Crippen molar-refractivity contribution in [3.63, 3.8) is 0 Å². The molecule has 0 aliphatic heterocycles. The molecule has 2 N–H and O–H groups in total. The Labute approximate surface area is 118 Å². The molecule has 0 unspecified atom stereocenters. The number of hydrogen-bond donors (Lipinski definition) is 2. The van der Waals surface area contributed by atoms with Crippen LogP contribution < -0.4 is 10.0 Å². The van der Waals surface area contributed by atoms with Crippen LogP contribution in [0.25, 0.3) is 0 Å². The molecule has 1 aliphatic carbocycles. The van der Waals surface area contributed by atoms with Crippen LogP contribution >= 0.6 is 11.3 Å². The Morgan fingerprint density at radius 3 is 2.89 bits per heavy atom. The smallest absolute Gasteiger partial charge is 0.250 e. The highest BCUT2D eigenvalue weighted by atomic mass is 32.2. The van der Waals surface area contributed by atoms with E-state index in [4.69, 9.17) is 4.74 Å². The van der Waals surface area contributed by atoms with Gasteiger partial charge in [-0.1, -0.05) is 0 Å². The molecule has 19 heavy (non-hydrogen) atoms. The fourth-order valence-corrected chi connectivity index (χ4v) is 4.05. The highest BCUT2D eigenvalue weighted by Crippen LogP contribution is 2.24. The van der Waals surface area contributed by atoms with Gasteiger partial charge >= 0.3 is 0 Å². The second-order valence-electron chi connectivity index (χ2n) is 4.62. The molecular formula is C12H20N2O3S2. The number of nitrogens with one attached hydrogen (secondary N) is 2. The van der Waals surface area contributed by atoms with Crippen LogP contribution in [-0.2, 0) is 21.3 Å². The van der Waals surface area contributed by atoms with Gasteiger partial charge in [0.1, 0.15) is 4.21 Å². The normalized spacial score (nSPS) is 15.8. The van der Waals surface area contributed by atoms with Crippen molar-refractivity contribution in [2.24, 2.45) is 0 Å². The Hall–Kier alpha value is -0.470. The van der Waals surface area contributed by atoms with Crippen molar-refractivity contribution in [3.8, 4) is 0 Å². The summed E-state index contributed by atoms with van der Waals surface area (Å²) in [6.07, 6.45) is 3.15. The maximum atomic E-state index is 12.0. The average Bonchev–Trinajstić information content (AvgIpc) is 3.08. The SMILES string of the molecule is COCCCNS(=O)(=O)c1ccc(CNC2CC2)s1. The molecule has 0 radical (unpaired) electrons. The zero-order valence-corrected chi connectivity index (χ0v) is 12.6. The van der Waals surface area contributed by atoms with Crippen molar-refractivity contribution < 1.29 is 13.2 Å². The number of hydrogen-bond acceptors (Lipinski definition) is 5. The summed E-state index contributed by atoms with van der Waals surface area (Å²) in [7, 11) is -1.75. The third-order valence-electron chi connectivity index (χ3n) is 2.86. The highest BCUT2D eigenvalue weighted by Gasteiger charge is 2.21. The fraction of sp³-hybridized carbons (Fsp3) is 0.667. The van der Waals surface area contributed by atoms with Gasteiger partial charge < -0.3 is 10.1 Å². The maximum Gasteiger partial charge on any atom is 0.250 e. The van der Waals surface area contributed by atoms with Crippen molar-refractivity contribution >= 4 is 21.4 Å². The standard InChI is InChI=1S/C12H20N2O3S2/c1-17-8-2-7-14-19(15,16)12-6-5-11(18-12)9-13-10-3-4-10/h5-6,10,13-14H,2-4,7-9H2,1H3. The van der Waals surface area contributed by atoms with Crippen LogP contribution in [0.4, 0.5) is 0 Å². The molecule has 0 spiro atoms. The Bertz CT molecular complexity index is 495. The summed E-state index contributed by atoms with van der Waals surface area (Å²) in [4.78, 5) is 1.06. The van der Waals surface area contributed by atoms with Crippen molar-refractivity contribution in [1.29, 1.82) is 0 Å². The number of thiophene rings is 1. The van der Waals surface area contributed by atoms with Crippen LogP contribution in [0.15, 0.2) is 16.3 Å². The summed E-state index contributed by atoms with van der Waals surface area (Å²) in [6, 6.07) is 4.19. The van der Waals surface area contributed by atoms with Gasteiger partial charge in [-0.25, -0.2) is 13.1 Å². The summed E-state index contributed by atoms with van der Waals surface area (Å²) in [5.74, 6) is 0. The largest absolute Gasteiger partial charge is 0.385 e. The lowest BCUT2D eigenvalue weighted by molar-refractivity contribution is 0.196. The molecule has 1 aromatic heterocycles. The van der Waals surface area contributed by atoms with Gasteiger partial charge in [0.05, 0.1) is 0 Å². The van der Waals surface area contributed by atoms with E-state index < -0.39 is 10.0 Å². The van der Waals surface area contributed by atoms with Crippen molar-refractivity contribution in [3.05, 3.63) is 17.0 Å². The second kappa shape index (κ2) is 6.81. The Morgan fingerprint density at radius 2 is 2.21 bits per heavy atom. The van der Waals surface area contributed by atoms with E-state index in [1.165, 1.54) is 24.2 Å². The minimum absolute atomic E-state index is 0.387. The van der Waals surface area contributed by atoms with Gasteiger partial charge in [-0.05, 0) is 31.4 Å². The third kappa shape index (κ3) is 4.85. The van der Waals surface area contributed by atoms with E-state index in [2.05, 4.69) is 10.0 Å². The molecule has 0 saturated heterocycles. The molecule has 1 aromatic rings. The van der Waals surface area contributed by atoms with E-state index >= 15 is 0 Å². The van der Waals surface area contributed by atoms with Gasteiger partial charge in [-0.15, -0.1) is 11.3 Å². The van der Waals surface area contributed by atoms with Crippen LogP contribution in [-0.4, -0.2) is 34.7 Å². The number of sulfonamides is 1. The topological polar surface area (TPSA) is 67.4 Å². The van der Waals surface area contributed by atoms with Gasteiger partial charge in [0, 0.05) is 37.7 Å². The summed E-state index contributed by atoms with van der Waals surface area (Å²) in [5, 5.41) is 3.38. The minimum Gasteiger partial charge on any atom is -0.385 e. The molecular weight excluding hydrogens is 284 g/mol. The Balaban J connectivity index is 1.84. The van der Waals surface area contributed by atoms with Gasteiger partial charge in [0.25, 0.3) is 0 Å². The predicted octanol–water partition coefficient (Wildman–Crippen LogP) is 1.31. The van der Waals surface area contributed by atoms with E-state index in [0.717, 1.165) is 11.4 Å². The second-order valence-corrected chi connectivity index (χ2v) is 7.78. The summed E-state index contributed by atoms with van der Waals surface area (Å²) in [6.45, 7) is 1.72. The molecule has 0 bridgehead atoms. The minimum atomic E-state index is -3.36. The van der Waals surface area contributed by atoms with Crippen molar-refractivity contribution in [1.82, 2.24) is 10.0 Å². The molecule has 0 amide bonds. The lowest BCUT2D eigenvalue weighted by Gasteiger charge is -2.04. The van der Waals surface area contributed by atoms with E-state index in [1.54, 1.807) is 13.2 Å². The fourth-order valence-electron chi connectivity index (χ4n) is 1.62. The summed E-state index contributed by atoms with van der Waals surface area (Å²) in [5.41, 5.74) is 0. The maximum absolute atomic E-state index is 12.0. The molecule has 108 valence electrons. The van der Waals surface area contributed by atoms with Crippen LogP contribution in [0.2, 0.25) is 0 Å². The van der Waals surface area contributed by atoms with Crippen molar-refractivity contribution in [2.45, 2.75) is 36.1 Å². The number of methoxy groups -OCH3 is 1. The molecule has 0 aromatic carbocycles. The summed E-state index contributed by atoms with van der Waals surface area (Å²) >= 11 is 1.33. The zero-order chi connectivity index (χ0) is 13.7. The predicted molar refractivity (Wildman–Crippen MR) is 75.9 cm³/mol. The Morgan fingerprint density at radius 1 is 1.42 bits per heavy atom. The van der Waals surface area contributed by atoms with Crippen LogP contribution in [0.3, 0.4) is 0 Å². The van der Waals surface area contributed by atoms with Crippen LogP contribution in [0, 0.1) is 0 Å². The quantitative estimate of drug-likeness (QED) is 0.675. The third-order valence-corrected chi connectivity index (χ3v) is 5.90. The monoisotopic (exact) mass is 304 g/mol.